The average Bonchev–Trinajstić information content (AvgIpc) is 3.86. The second kappa shape index (κ2) is 14.6. The first-order chi connectivity index (χ1) is 30.7. The van der Waals surface area contributed by atoms with Crippen LogP contribution in [0.3, 0.4) is 0 Å². The Hall–Kier alpha value is -7.52. The van der Waals surface area contributed by atoms with Crippen LogP contribution >= 0.6 is 11.3 Å². The van der Waals surface area contributed by atoms with E-state index in [0.29, 0.717) is 0 Å². The van der Waals surface area contributed by atoms with Crippen molar-refractivity contribution in [3.63, 3.8) is 0 Å². The molecule has 11 aromatic rings. The van der Waals surface area contributed by atoms with Crippen molar-refractivity contribution in [1.82, 2.24) is 0 Å². The average molecular weight is 808 g/mol. The lowest BCUT2D eigenvalue weighted by Gasteiger charge is -2.29. The second-order valence-corrected chi connectivity index (χ2v) is 17.6. The third-order valence-electron chi connectivity index (χ3n) is 13.2. The Labute approximate surface area is 366 Å². The molecule has 0 spiro atoms. The number of hydrogen-bond acceptors (Lipinski definition) is 2. The number of nitrogens with zero attached hydrogens (tertiary/aromatic N) is 1. The van der Waals surface area contributed by atoms with Gasteiger partial charge in [-0.2, -0.15) is 0 Å². The van der Waals surface area contributed by atoms with Crippen LogP contribution in [0.4, 0.5) is 17.1 Å². The second-order valence-electron chi connectivity index (χ2n) is 16.5. The lowest BCUT2D eigenvalue weighted by atomic mass is 9.74. The first-order valence-electron chi connectivity index (χ1n) is 21.4. The molecule has 2 heteroatoms. The molecule has 1 heterocycles. The predicted molar refractivity (Wildman–Crippen MR) is 265 cm³/mol. The zero-order valence-electron chi connectivity index (χ0n) is 34.3. The Bertz CT molecular complexity index is 3470. The standard InChI is InChI=1S/C60H41NS/c1-60(43-22-6-3-7-23-43)51-30-11-8-25-49(51)58-46(28-16-31-52(58)60)41-36-38-44(39-37-41)61(54-33-17-35-56-59(54)50-26-10-13-34-55(50)62-56)53-32-12-9-24-47(53)48-29-15-21-42-20-14-27-45(57(42)48)40-18-4-2-5-19-40/h2-39H,1H3. The summed E-state index contributed by atoms with van der Waals surface area (Å²) in [4.78, 5) is 2.50. The van der Waals surface area contributed by atoms with Crippen molar-refractivity contribution in [2.45, 2.75) is 12.3 Å². The molecule has 1 aromatic heterocycles. The molecule has 292 valence electrons. The molecule has 10 aromatic carbocycles. The molecule has 62 heavy (non-hydrogen) atoms. The Kier molecular flexibility index (Phi) is 8.55. The van der Waals surface area contributed by atoms with Gasteiger partial charge in [0.05, 0.1) is 11.4 Å². The number of fused-ring (bicyclic) bond motifs is 7. The van der Waals surface area contributed by atoms with Gasteiger partial charge in [0.2, 0.25) is 0 Å². The lowest BCUT2D eigenvalue weighted by molar-refractivity contribution is 0.714. The number of benzene rings is 10. The molecule has 0 saturated heterocycles. The molecule has 1 atom stereocenters. The molecule has 0 fully saturated rings. The van der Waals surface area contributed by atoms with E-state index >= 15 is 0 Å². The van der Waals surface area contributed by atoms with Crippen LogP contribution in [0.2, 0.25) is 0 Å². The minimum Gasteiger partial charge on any atom is -0.309 e. The summed E-state index contributed by atoms with van der Waals surface area (Å²) in [5.41, 5.74) is 17.1. The summed E-state index contributed by atoms with van der Waals surface area (Å²) >= 11 is 1.86. The van der Waals surface area contributed by atoms with Crippen LogP contribution in [0.15, 0.2) is 231 Å². The van der Waals surface area contributed by atoms with E-state index in [2.05, 4.69) is 242 Å². The van der Waals surface area contributed by atoms with Gasteiger partial charge in [-0.25, -0.2) is 0 Å². The van der Waals surface area contributed by atoms with Gasteiger partial charge in [0.15, 0.2) is 0 Å². The molecular formula is C60H41NS. The van der Waals surface area contributed by atoms with Crippen LogP contribution in [-0.4, -0.2) is 0 Å². The van der Waals surface area contributed by atoms with Crippen LogP contribution < -0.4 is 4.90 Å². The third kappa shape index (κ3) is 5.61. The minimum absolute atomic E-state index is 0.256. The number of para-hydroxylation sites is 1. The van der Waals surface area contributed by atoms with Crippen LogP contribution in [0.25, 0.3) is 75.5 Å². The van der Waals surface area contributed by atoms with Gasteiger partial charge < -0.3 is 4.90 Å². The Morgan fingerprint density at radius 3 is 1.76 bits per heavy atom. The summed E-state index contributed by atoms with van der Waals surface area (Å²) in [6, 6.07) is 85.0. The number of rotatable bonds is 7. The van der Waals surface area contributed by atoms with Gasteiger partial charge in [0, 0.05) is 36.8 Å². The molecule has 12 rings (SSSR count). The number of anilines is 3. The van der Waals surface area contributed by atoms with Gasteiger partial charge in [-0.05, 0) is 110 Å². The monoisotopic (exact) mass is 807 g/mol. The van der Waals surface area contributed by atoms with Gasteiger partial charge in [-0.1, -0.05) is 194 Å². The quantitative estimate of drug-likeness (QED) is 0.155. The molecule has 0 amide bonds. The Morgan fingerprint density at radius 2 is 0.935 bits per heavy atom. The van der Waals surface area contributed by atoms with E-state index in [9.17, 15) is 0 Å². The highest BCUT2D eigenvalue weighted by molar-refractivity contribution is 7.26. The minimum atomic E-state index is -0.256. The zero-order valence-corrected chi connectivity index (χ0v) is 35.1. The van der Waals surface area contributed by atoms with E-state index in [1.807, 2.05) is 11.3 Å². The first kappa shape index (κ1) is 36.3. The van der Waals surface area contributed by atoms with Crippen molar-refractivity contribution in [3.05, 3.63) is 247 Å². The maximum Gasteiger partial charge on any atom is 0.0555 e. The highest BCUT2D eigenvalue weighted by Gasteiger charge is 2.41. The van der Waals surface area contributed by atoms with E-state index in [0.717, 1.165) is 17.1 Å². The molecule has 1 aliphatic rings. The summed E-state index contributed by atoms with van der Waals surface area (Å²) in [5, 5.41) is 5.02. The lowest BCUT2D eigenvalue weighted by Crippen LogP contribution is -2.22. The Balaban J connectivity index is 1.07. The van der Waals surface area contributed by atoms with Crippen LogP contribution in [0.5, 0.6) is 0 Å². The van der Waals surface area contributed by atoms with E-state index < -0.39 is 0 Å². The van der Waals surface area contributed by atoms with Crippen molar-refractivity contribution >= 4 is 59.3 Å². The molecule has 1 nitrogen and oxygen atoms in total. The van der Waals surface area contributed by atoms with Crippen LogP contribution in [0.1, 0.15) is 23.6 Å². The summed E-state index contributed by atoms with van der Waals surface area (Å²) in [6.07, 6.45) is 0. The van der Waals surface area contributed by atoms with Gasteiger partial charge >= 0.3 is 0 Å². The highest BCUT2D eigenvalue weighted by Crippen LogP contribution is 2.55. The summed E-state index contributed by atoms with van der Waals surface area (Å²) in [5.74, 6) is 0. The Morgan fingerprint density at radius 1 is 0.371 bits per heavy atom. The molecule has 0 bridgehead atoms. The SMILES string of the molecule is CC1(c2ccccc2)c2ccccc2-c2c(-c3ccc(N(c4ccccc4-c4cccc5cccc(-c6ccccc6)c45)c4cccc5sc6ccccc6c45)cc3)cccc21. The predicted octanol–water partition coefficient (Wildman–Crippen LogP) is 17.0. The third-order valence-corrected chi connectivity index (χ3v) is 14.3. The molecule has 0 aliphatic heterocycles. The molecule has 1 aliphatic carbocycles. The molecular weight excluding hydrogens is 767 g/mol. The van der Waals surface area contributed by atoms with Crippen LogP contribution in [0, 0.1) is 0 Å². The normalized spacial score (nSPS) is 14.3. The summed E-state index contributed by atoms with van der Waals surface area (Å²) < 4.78 is 2.57. The van der Waals surface area contributed by atoms with Gasteiger partial charge in [0.25, 0.3) is 0 Å². The fraction of sp³-hybridized carbons (Fsp3) is 0.0333. The number of thiophene rings is 1. The number of hydrogen-bond donors (Lipinski definition) is 0. The van der Waals surface area contributed by atoms with Crippen molar-refractivity contribution in [2.75, 3.05) is 4.90 Å². The van der Waals surface area contributed by atoms with Crippen molar-refractivity contribution in [1.29, 1.82) is 0 Å². The van der Waals surface area contributed by atoms with E-state index in [1.165, 1.54) is 92.1 Å². The topological polar surface area (TPSA) is 3.24 Å². The van der Waals surface area contributed by atoms with E-state index in [4.69, 9.17) is 0 Å². The smallest absolute Gasteiger partial charge is 0.0555 e. The largest absolute Gasteiger partial charge is 0.309 e. The molecule has 0 saturated carbocycles. The first-order valence-corrected chi connectivity index (χ1v) is 22.2. The van der Waals surface area contributed by atoms with Gasteiger partial charge in [0.1, 0.15) is 0 Å². The summed E-state index contributed by atoms with van der Waals surface area (Å²) in [7, 11) is 0. The van der Waals surface area contributed by atoms with E-state index in [1.54, 1.807) is 0 Å². The fourth-order valence-electron chi connectivity index (χ4n) is 10.3. The van der Waals surface area contributed by atoms with Crippen molar-refractivity contribution < 1.29 is 0 Å². The maximum atomic E-state index is 2.50. The highest BCUT2D eigenvalue weighted by atomic mass is 32.1. The fourth-order valence-corrected chi connectivity index (χ4v) is 11.5. The van der Waals surface area contributed by atoms with E-state index in [-0.39, 0.29) is 5.41 Å². The molecule has 1 unspecified atom stereocenters. The van der Waals surface area contributed by atoms with Gasteiger partial charge in [-0.3, -0.25) is 0 Å². The molecule has 0 N–H and O–H groups in total. The van der Waals surface area contributed by atoms with Crippen molar-refractivity contribution in [2.24, 2.45) is 0 Å². The zero-order chi connectivity index (χ0) is 41.2. The maximum absolute atomic E-state index is 2.50. The van der Waals surface area contributed by atoms with Crippen LogP contribution in [-0.2, 0) is 5.41 Å². The van der Waals surface area contributed by atoms with Gasteiger partial charge in [-0.15, -0.1) is 11.3 Å². The summed E-state index contributed by atoms with van der Waals surface area (Å²) in [6.45, 7) is 2.39. The van der Waals surface area contributed by atoms with Crippen molar-refractivity contribution in [3.8, 4) is 44.5 Å². The molecule has 0 radical (unpaired) electrons.